The molecule has 1 aromatic carbocycles. The van der Waals surface area contributed by atoms with Gasteiger partial charge < -0.3 is 15.3 Å². The first-order chi connectivity index (χ1) is 10.2. The van der Waals surface area contributed by atoms with Gasteiger partial charge in [0, 0.05) is 31.9 Å². The average molecular weight is 290 g/mol. The Bertz CT molecular complexity index is 488. The monoisotopic (exact) mass is 290 g/mol. The summed E-state index contributed by atoms with van der Waals surface area (Å²) < 4.78 is 0. The highest BCUT2D eigenvalue weighted by Crippen LogP contribution is 2.25. The van der Waals surface area contributed by atoms with Crippen molar-refractivity contribution in [3.05, 3.63) is 29.3 Å². The van der Waals surface area contributed by atoms with E-state index in [0.717, 1.165) is 55.7 Å². The van der Waals surface area contributed by atoms with Crippen molar-refractivity contribution in [2.24, 2.45) is 5.92 Å². The quantitative estimate of drug-likeness (QED) is 0.847. The molecule has 2 rings (SSSR count). The summed E-state index contributed by atoms with van der Waals surface area (Å²) in [4.78, 5) is 14.7. The van der Waals surface area contributed by atoms with Crippen LogP contribution in [0.3, 0.4) is 0 Å². The normalized spacial score (nSPS) is 18.0. The Kier molecular flexibility index (Phi) is 5.62. The van der Waals surface area contributed by atoms with E-state index in [0.29, 0.717) is 5.92 Å². The highest BCUT2D eigenvalue weighted by Gasteiger charge is 2.27. The van der Waals surface area contributed by atoms with Crippen LogP contribution in [0.15, 0.2) is 18.2 Å². The summed E-state index contributed by atoms with van der Waals surface area (Å²) in [5.74, 6) is 0.550. The number of hydrogen-bond donors (Lipinski definition) is 2. The molecule has 0 bridgehead atoms. The SMILES string of the molecule is CCCNc1ccc(C)cc1C(=O)N1CCC(CCO)C1. The van der Waals surface area contributed by atoms with Gasteiger partial charge in [-0.3, -0.25) is 4.79 Å². The van der Waals surface area contributed by atoms with Gasteiger partial charge in [-0.1, -0.05) is 18.6 Å². The summed E-state index contributed by atoms with van der Waals surface area (Å²) >= 11 is 0. The maximum atomic E-state index is 12.8. The van der Waals surface area contributed by atoms with Crippen LogP contribution in [0.1, 0.15) is 42.1 Å². The number of nitrogens with zero attached hydrogens (tertiary/aromatic N) is 1. The molecule has 1 aromatic rings. The average Bonchev–Trinajstić information content (AvgIpc) is 2.94. The van der Waals surface area contributed by atoms with Gasteiger partial charge in [-0.25, -0.2) is 0 Å². The second-order valence-electron chi connectivity index (χ2n) is 5.89. The standard InChI is InChI=1S/C17H26N2O2/c1-3-8-18-16-5-4-13(2)11-15(16)17(21)19-9-6-14(12-19)7-10-20/h4-5,11,14,18,20H,3,6-10,12H2,1-2H3. The molecule has 0 aliphatic carbocycles. The molecule has 0 spiro atoms. The largest absolute Gasteiger partial charge is 0.396 e. The lowest BCUT2D eigenvalue weighted by atomic mass is 10.1. The van der Waals surface area contributed by atoms with Gasteiger partial charge in [0.2, 0.25) is 0 Å². The Labute approximate surface area is 127 Å². The maximum Gasteiger partial charge on any atom is 0.255 e. The van der Waals surface area contributed by atoms with E-state index in [9.17, 15) is 4.79 Å². The number of hydrogen-bond acceptors (Lipinski definition) is 3. The van der Waals surface area contributed by atoms with Crippen LogP contribution in [0.25, 0.3) is 0 Å². The van der Waals surface area contributed by atoms with Crippen molar-refractivity contribution in [1.29, 1.82) is 0 Å². The predicted octanol–water partition coefficient (Wildman–Crippen LogP) is 2.66. The minimum absolute atomic E-state index is 0.109. The molecule has 1 amide bonds. The summed E-state index contributed by atoms with van der Waals surface area (Å²) in [5.41, 5.74) is 2.80. The van der Waals surface area contributed by atoms with E-state index in [4.69, 9.17) is 5.11 Å². The highest BCUT2D eigenvalue weighted by molar-refractivity contribution is 6.00. The third-order valence-corrected chi connectivity index (χ3v) is 4.08. The summed E-state index contributed by atoms with van der Waals surface area (Å²) in [6.45, 7) is 6.77. The van der Waals surface area contributed by atoms with Crippen molar-refractivity contribution in [3.63, 3.8) is 0 Å². The number of nitrogens with one attached hydrogen (secondary N) is 1. The molecule has 4 nitrogen and oxygen atoms in total. The zero-order valence-corrected chi connectivity index (χ0v) is 13.1. The Morgan fingerprint density at radius 1 is 1.48 bits per heavy atom. The molecule has 1 atom stereocenters. The number of rotatable bonds is 6. The van der Waals surface area contributed by atoms with Crippen LogP contribution in [0, 0.1) is 12.8 Å². The Hall–Kier alpha value is -1.55. The van der Waals surface area contributed by atoms with Crippen molar-refractivity contribution in [1.82, 2.24) is 4.90 Å². The van der Waals surface area contributed by atoms with Gasteiger partial charge >= 0.3 is 0 Å². The molecule has 0 radical (unpaired) electrons. The van der Waals surface area contributed by atoms with E-state index in [2.05, 4.69) is 12.2 Å². The molecule has 1 aliphatic heterocycles. The van der Waals surface area contributed by atoms with Crippen LogP contribution in [-0.2, 0) is 0 Å². The van der Waals surface area contributed by atoms with E-state index >= 15 is 0 Å². The van der Waals surface area contributed by atoms with Gasteiger partial charge in [0.15, 0.2) is 0 Å². The first-order valence-corrected chi connectivity index (χ1v) is 7.90. The van der Waals surface area contributed by atoms with Crippen LogP contribution in [-0.4, -0.2) is 42.2 Å². The highest BCUT2D eigenvalue weighted by atomic mass is 16.3. The maximum absolute atomic E-state index is 12.8. The number of anilines is 1. The second kappa shape index (κ2) is 7.46. The van der Waals surface area contributed by atoms with Crippen LogP contribution in [0.2, 0.25) is 0 Å². The zero-order valence-electron chi connectivity index (χ0n) is 13.1. The number of benzene rings is 1. The van der Waals surface area contributed by atoms with Crippen LogP contribution >= 0.6 is 0 Å². The van der Waals surface area contributed by atoms with Gasteiger partial charge in [0.25, 0.3) is 5.91 Å². The predicted molar refractivity (Wildman–Crippen MR) is 85.7 cm³/mol. The minimum Gasteiger partial charge on any atom is -0.396 e. The number of aliphatic hydroxyl groups excluding tert-OH is 1. The van der Waals surface area contributed by atoms with Gasteiger partial charge in [0.05, 0.1) is 5.56 Å². The number of amides is 1. The molecule has 0 aromatic heterocycles. The van der Waals surface area contributed by atoms with Gasteiger partial charge in [-0.05, 0) is 44.2 Å². The fraction of sp³-hybridized carbons (Fsp3) is 0.588. The van der Waals surface area contributed by atoms with Gasteiger partial charge in [0.1, 0.15) is 0 Å². The molecule has 1 aliphatic rings. The first kappa shape index (κ1) is 15.8. The van der Waals surface area contributed by atoms with E-state index in [-0.39, 0.29) is 12.5 Å². The summed E-state index contributed by atoms with van der Waals surface area (Å²) in [5, 5.41) is 12.4. The minimum atomic E-state index is 0.109. The number of aliphatic hydroxyl groups is 1. The topological polar surface area (TPSA) is 52.6 Å². The Balaban J connectivity index is 2.12. The molecule has 4 heteroatoms. The summed E-state index contributed by atoms with van der Waals surface area (Å²) in [6, 6.07) is 6.01. The summed E-state index contributed by atoms with van der Waals surface area (Å²) in [6.07, 6.45) is 2.82. The number of aryl methyl sites for hydroxylation is 1. The Morgan fingerprint density at radius 3 is 3.00 bits per heavy atom. The van der Waals surface area contributed by atoms with Crippen molar-refractivity contribution >= 4 is 11.6 Å². The number of carbonyl (C=O) groups excluding carboxylic acids is 1. The molecule has 21 heavy (non-hydrogen) atoms. The van der Waals surface area contributed by atoms with E-state index in [1.807, 2.05) is 30.0 Å². The molecular weight excluding hydrogens is 264 g/mol. The lowest BCUT2D eigenvalue weighted by Crippen LogP contribution is -2.29. The van der Waals surface area contributed by atoms with E-state index in [1.165, 1.54) is 0 Å². The fourth-order valence-electron chi connectivity index (χ4n) is 2.85. The van der Waals surface area contributed by atoms with Gasteiger partial charge in [-0.2, -0.15) is 0 Å². The number of likely N-dealkylation sites (tertiary alicyclic amines) is 1. The summed E-state index contributed by atoms with van der Waals surface area (Å²) in [7, 11) is 0. The van der Waals surface area contributed by atoms with Crippen LogP contribution in [0.4, 0.5) is 5.69 Å². The third kappa shape index (κ3) is 3.97. The van der Waals surface area contributed by atoms with Crippen molar-refractivity contribution < 1.29 is 9.90 Å². The van der Waals surface area contributed by atoms with Crippen molar-refractivity contribution in [2.45, 2.75) is 33.1 Å². The molecule has 2 N–H and O–H groups in total. The van der Waals surface area contributed by atoms with E-state index < -0.39 is 0 Å². The lowest BCUT2D eigenvalue weighted by Gasteiger charge is -2.19. The van der Waals surface area contributed by atoms with Crippen LogP contribution < -0.4 is 5.32 Å². The Morgan fingerprint density at radius 2 is 2.29 bits per heavy atom. The van der Waals surface area contributed by atoms with Crippen molar-refractivity contribution in [2.75, 3.05) is 31.6 Å². The second-order valence-corrected chi connectivity index (χ2v) is 5.89. The molecule has 116 valence electrons. The lowest BCUT2D eigenvalue weighted by molar-refractivity contribution is 0.0785. The van der Waals surface area contributed by atoms with Gasteiger partial charge in [-0.15, -0.1) is 0 Å². The molecule has 0 saturated carbocycles. The fourth-order valence-corrected chi connectivity index (χ4v) is 2.85. The number of carbonyl (C=O) groups is 1. The van der Waals surface area contributed by atoms with Crippen molar-refractivity contribution in [3.8, 4) is 0 Å². The third-order valence-electron chi connectivity index (χ3n) is 4.08. The van der Waals surface area contributed by atoms with Crippen LogP contribution in [0.5, 0.6) is 0 Å². The zero-order chi connectivity index (χ0) is 15.2. The first-order valence-electron chi connectivity index (χ1n) is 7.90. The molecule has 1 saturated heterocycles. The molecule has 1 unspecified atom stereocenters. The molecular formula is C17H26N2O2. The molecule has 1 heterocycles. The molecule has 1 fully saturated rings. The smallest absolute Gasteiger partial charge is 0.255 e. The van der Waals surface area contributed by atoms with E-state index in [1.54, 1.807) is 0 Å².